The second-order valence-electron chi connectivity index (χ2n) is 6.70. The van der Waals surface area contributed by atoms with Gasteiger partial charge in [-0.1, -0.05) is 38.8 Å². The molecule has 21 heavy (non-hydrogen) atoms. The van der Waals surface area contributed by atoms with Gasteiger partial charge in [-0.2, -0.15) is 0 Å². The molecule has 1 saturated carbocycles. The predicted octanol–water partition coefficient (Wildman–Crippen LogP) is 4.79. The number of benzene rings is 1. The molecule has 0 radical (unpaired) electrons. The summed E-state index contributed by atoms with van der Waals surface area (Å²) in [6.45, 7) is 9.93. The molecule has 2 nitrogen and oxygen atoms in total. The maximum atomic E-state index is 5.76. The third-order valence-corrected chi connectivity index (χ3v) is 5.12. The molecule has 1 fully saturated rings. The highest BCUT2D eigenvalue weighted by molar-refractivity contribution is 5.47. The zero-order valence-electron chi connectivity index (χ0n) is 14.3. The van der Waals surface area contributed by atoms with Crippen LogP contribution in [-0.4, -0.2) is 13.7 Å². The van der Waals surface area contributed by atoms with Gasteiger partial charge in [-0.25, -0.2) is 0 Å². The Balaban J connectivity index is 2.35. The predicted molar refractivity (Wildman–Crippen MR) is 90.0 cm³/mol. The van der Waals surface area contributed by atoms with Gasteiger partial charge in [0.1, 0.15) is 5.75 Å². The molecule has 0 spiro atoms. The topological polar surface area (TPSA) is 21.3 Å². The van der Waals surface area contributed by atoms with Crippen LogP contribution < -0.4 is 10.1 Å². The molecule has 0 amide bonds. The Morgan fingerprint density at radius 2 is 2.05 bits per heavy atom. The average molecular weight is 289 g/mol. The van der Waals surface area contributed by atoms with Crippen molar-refractivity contribution in [3.05, 3.63) is 28.8 Å². The summed E-state index contributed by atoms with van der Waals surface area (Å²) in [4.78, 5) is 0. The fourth-order valence-electron chi connectivity index (χ4n) is 3.86. The van der Waals surface area contributed by atoms with Gasteiger partial charge in [0.2, 0.25) is 0 Å². The number of nitrogens with one attached hydrogen (secondary N) is 1. The summed E-state index contributed by atoms with van der Waals surface area (Å²) in [5.41, 5.74) is 3.94. The van der Waals surface area contributed by atoms with Gasteiger partial charge in [0.25, 0.3) is 0 Å². The zero-order valence-corrected chi connectivity index (χ0v) is 14.3. The lowest BCUT2D eigenvalue weighted by Crippen LogP contribution is -2.31. The van der Waals surface area contributed by atoms with Gasteiger partial charge >= 0.3 is 0 Å². The molecule has 0 heterocycles. The maximum Gasteiger partial charge on any atom is 0.126 e. The molecular formula is C19H31NO. The van der Waals surface area contributed by atoms with Crippen LogP contribution in [0.15, 0.2) is 12.1 Å². The third kappa shape index (κ3) is 3.60. The summed E-state index contributed by atoms with van der Waals surface area (Å²) in [5, 5.41) is 3.73. The van der Waals surface area contributed by atoms with Crippen molar-refractivity contribution in [2.75, 3.05) is 13.7 Å². The molecule has 1 aromatic rings. The first-order chi connectivity index (χ1) is 10.1. The van der Waals surface area contributed by atoms with Crippen LogP contribution >= 0.6 is 0 Å². The molecule has 1 aliphatic rings. The van der Waals surface area contributed by atoms with E-state index in [9.17, 15) is 0 Å². The Morgan fingerprint density at radius 3 is 2.67 bits per heavy atom. The standard InChI is InChI=1S/C19H31NO/c1-6-20-18(16-9-7-8-13(2)12-16)17-11-10-14(3)15(4)19(17)21-5/h10-11,13,16,18,20H,6-9,12H2,1-5H3. The molecule has 1 N–H and O–H groups in total. The summed E-state index contributed by atoms with van der Waals surface area (Å²) >= 11 is 0. The molecule has 3 atom stereocenters. The summed E-state index contributed by atoms with van der Waals surface area (Å²) in [6, 6.07) is 4.93. The fraction of sp³-hybridized carbons (Fsp3) is 0.684. The van der Waals surface area contributed by atoms with Gasteiger partial charge in [-0.3, -0.25) is 0 Å². The molecule has 0 saturated heterocycles. The lowest BCUT2D eigenvalue weighted by molar-refractivity contribution is 0.222. The van der Waals surface area contributed by atoms with E-state index in [-0.39, 0.29) is 0 Å². The van der Waals surface area contributed by atoms with E-state index in [4.69, 9.17) is 4.74 Å². The van der Waals surface area contributed by atoms with E-state index < -0.39 is 0 Å². The molecule has 118 valence electrons. The second kappa shape index (κ2) is 7.31. The smallest absolute Gasteiger partial charge is 0.126 e. The minimum Gasteiger partial charge on any atom is -0.496 e. The van der Waals surface area contributed by atoms with E-state index in [0.29, 0.717) is 6.04 Å². The van der Waals surface area contributed by atoms with Crippen LogP contribution in [0.2, 0.25) is 0 Å². The number of rotatable bonds is 5. The summed E-state index contributed by atoms with van der Waals surface area (Å²) in [7, 11) is 1.80. The molecule has 0 aliphatic heterocycles. The Labute approximate surface area is 130 Å². The number of ether oxygens (including phenoxy) is 1. The van der Waals surface area contributed by atoms with E-state index in [0.717, 1.165) is 24.1 Å². The first kappa shape index (κ1) is 16.4. The molecular weight excluding hydrogens is 258 g/mol. The van der Waals surface area contributed by atoms with Crippen LogP contribution in [0.5, 0.6) is 5.75 Å². The second-order valence-corrected chi connectivity index (χ2v) is 6.70. The zero-order chi connectivity index (χ0) is 15.4. The van der Waals surface area contributed by atoms with Gasteiger partial charge in [0, 0.05) is 11.6 Å². The first-order valence-electron chi connectivity index (χ1n) is 8.45. The van der Waals surface area contributed by atoms with E-state index in [1.165, 1.54) is 42.4 Å². The SMILES string of the molecule is CCNC(c1ccc(C)c(C)c1OC)C1CCCC(C)C1. The monoisotopic (exact) mass is 289 g/mol. The molecule has 2 heteroatoms. The Hall–Kier alpha value is -1.02. The van der Waals surface area contributed by atoms with Crippen LogP contribution in [-0.2, 0) is 0 Å². The van der Waals surface area contributed by atoms with Crippen molar-refractivity contribution in [2.24, 2.45) is 11.8 Å². The number of hydrogen-bond donors (Lipinski definition) is 1. The van der Waals surface area contributed by atoms with Crippen molar-refractivity contribution < 1.29 is 4.74 Å². The highest BCUT2D eigenvalue weighted by Crippen LogP contribution is 2.41. The Kier molecular flexibility index (Phi) is 5.69. The maximum absolute atomic E-state index is 5.76. The third-order valence-electron chi connectivity index (χ3n) is 5.12. The molecule has 3 unspecified atom stereocenters. The normalized spacial score (nSPS) is 23.9. The highest BCUT2D eigenvalue weighted by Gasteiger charge is 2.29. The summed E-state index contributed by atoms with van der Waals surface area (Å²) in [5.74, 6) is 2.66. The Morgan fingerprint density at radius 1 is 1.29 bits per heavy atom. The molecule has 1 aliphatic carbocycles. The molecule has 0 aromatic heterocycles. The highest BCUT2D eigenvalue weighted by atomic mass is 16.5. The van der Waals surface area contributed by atoms with Crippen molar-refractivity contribution in [3.8, 4) is 5.75 Å². The molecule has 0 bridgehead atoms. The largest absolute Gasteiger partial charge is 0.496 e. The van der Waals surface area contributed by atoms with Crippen molar-refractivity contribution in [3.63, 3.8) is 0 Å². The minimum absolute atomic E-state index is 0.423. The van der Waals surface area contributed by atoms with Crippen LogP contribution in [0.3, 0.4) is 0 Å². The lowest BCUT2D eigenvalue weighted by atomic mass is 9.76. The van der Waals surface area contributed by atoms with Crippen molar-refractivity contribution in [1.29, 1.82) is 0 Å². The first-order valence-corrected chi connectivity index (χ1v) is 8.45. The van der Waals surface area contributed by atoms with Crippen LogP contribution in [0.25, 0.3) is 0 Å². The number of hydrogen-bond acceptors (Lipinski definition) is 2. The van der Waals surface area contributed by atoms with E-state index in [2.05, 4.69) is 45.1 Å². The van der Waals surface area contributed by atoms with Crippen molar-refractivity contribution in [1.82, 2.24) is 5.32 Å². The van der Waals surface area contributed by atoms with E-state index >= 15 is 0 Å². The average Bonchev–Trinajstić information content (AvgIpc) is 2.48. The molecule has 2 rings (SSSR count). The molecule has 1 aromatic carbocycles. The van der Waals surface area contributed by atoms with Gasteiger partial charge < -0.3 is 10.1 Å². The van der Waals surface area contributed by atoms with Crippen LogP contribution in [0, 0.1) is 25.7 Å². The summed E-state index contributed by atoms with van der Waals surface area (Å²) < 4.78 is 5.76. The van der Waals surface area contributed by atoms with Crippen LogP contribution in [0.4, 0.5) is 0 Å². The van der Waals surface area contributed by atoms with Gasteiger partial charge in [0.15, 0.2) is 0 Å². The lowest BCUT2D eigenvalue weighted by Gasteiger charge is -2.35. The fourth-order valence-corrected chi connectivity index (χ4v) is 3.86. The van der Waals surface area contributed by atoms with Crippen molar-refractivity contribution in [2.45, 2.75) is 59.4 Å². The summed E-state index contributed by atoms with van der Waals surface area (Å²) in [6.07, 6.45) is 5.41. The van der Waals surface area contributed by atoms with E-state index in [1.54, 1.807) is 7.11 Å². The van der Waals surface area contributed by atoms with Crippen LogP contribution in [0.1, 0.15) is 62.3 Å². The van der Waals surface area contributed by atoms with Gasteiger partial charge in [-0.05, 0) is 56.2 Å². The number of aryl methyl sites for hydroxylation is 1. The minimum atomic E-state index is 0.423. The van der Waals surface area contributed by atoms with Gasteiger partial charge in [-0.15, -0.1) is 0 Å². The van der Waals surface area contributed by atoms with Gasteiger partial charge in [0.05, 0.1) is 7.11 Å². The Bertz CT molecular complexity index is 469. The van der Waals surface area contributed by atoms with E-state index in [1.807, 2.05) is 0 Å². The number of methoxy groups -OCH3 is 1. The van der Waals surface area contributed by atoms with Crippen molar-refractivity contribution >= 4 is 0 Å². The quantitative estimate of drug-likeness (QED) is 0.841.